The molecule has 1 aromatic carbocycles. The normalized spacial score (nSPS) is 16.0. The maximum atomic E-state index is 4.31. The molecule has 1 fully saturated rings. The number of guanidine groups is 1. The van der Waals surface area contributed by atoms with Crippen LogP contribution < -0.4 is 10.6 Å². The van der Waals surface area contributed by atoms with Crippen molar-refractivity contribution in [3.05, 3.63) is 48.3 Å². The van der Waals surface area contributed by atoms with Crippen molar-refractivity contribution in [3.63, 3.8) is 0 Å². The van der Waals surface area contributed by atoms with E-state index >= 15 is 0 Å². The topological polar surface area (TPSA) is 54.2 Å². The fourth-order valence-electron chi connectivity index (χ4n) is 2.83. The molecule has 1 saturated carbocycles. The number of nitrogens with one attached hydrogen (secondary N) is 2. The van der Waals surface area contributed by atoms with Crippen LogP contribution in [-0.4, -0.2) is 28.8 Å². The van der Waals surface area contributed by atoms with Gasteiger partial charge in [0.05, 0.1) is 5.69 Å². The summed E-state index contributed by atoms with van der Waals surface area (Å²) in [5.74, 6) is 0.892. The van der Waals surface area contributed by atoms with Crippen molar-refractivity contribution in [2.45, 2.75) is 38.3 Å². The SMILES string of the molecule is CN=C(NCc1ccc(-n2cccn2)cc1)NC1CCCC1. The Labute approximate surface area is 131 Å². The van der Waals surface area contributed by atoms with Gasteiger partial charge in [-0.15, -0.1) is 0 Å². The van der Waals surface area contributed by atoms with Gasteiger partial charge in [-0.3, -0.25) is 4.99 Å². The first-order valence-electron chi connectivity index (χ1n) is 7.91. The first-order valence-corrected chi connectivity index (χ1v) is 7.91. The molecule has 0 radical (unpaired) electrons. The van der Waals surface area contributed by atoms with E-state index in [1.54, 1.807) is 6.20 Å². The fraction of sp³-hybridized carbons (Fsp3) is 0.412. The van der Waals surface area contributed by atoms with E-state index in [1.165, 1.54) is 31.2 Å². The van der Waals surface area contributed by atoms with Crippen molar-refractivity contribution < 1.29 is 0 Å². The molecular formula is C17H23N5. The van der Waals surface area contributed by atoms with Crippen molar-refractivity contribution in [1.82, 2.24) is 20.4 Å². The molecule has 2 aromatic rings. The molecule has 0 aliphatic heterocycles. The molecule has 1 aliphatic carbocycles. The van der Waals surface area contributed by atoms with Gasteiger partial charge in [-0.25, -0.2) is 4.68 Å². The van der Waals surface area contributed by atoms with E-state index in [0.29, 0.717) is 6.04 Å². The largest absolute Gasteiger partial charge is 0.354 e. The molecule has 0 bridgehead atoms. The molecule has 2 N–H and O–H groups in total. The van der Waals surface area contributed by atoms with Gasteiger partial charge in [0.25, 0.3) is 0 Å². The minimum Gasteiger partial charge on any atom is -0.354 e. The standard InChI is InChI=1S/C17H23N5/c1-18-17(21-15-5-2-3-6-15)19-13-14-7-9-16(10-8-14)22-12-4-11-20-22/h4,7-12,15H,2-3,5-6,13H2,1H3,(H2,18,19,21). The van der Waals surface area contributed by atoms with E-state index in [-0.39, 0.29) is 0 Å². The molecule has 1 aromatic heterocycles. The minimum atomic E-state index is 0.577. The predicted octanol–water partition coefficient (Wildman–Crippen LogP) is 2.48. The lowest BCUT2D eigenvalue weighted by molar-refractivity contribution is 0.613. The predicted molar refractivity (Wildman–Crippen MR) is 89.2 cm³/mol. The number of nitrogens with zero attached hydrogens (tertiary/aromatic N) is 3. The van der Waals surface area contributed by atoms with Crippen LogP contribution in [0.15, 0.2) is 47.7 Å². The summed E-state index contributed by atoms with van der Waals surface area (Å²) in [5.41, 5.74) is 2.30. The maximum Gasteiger partial charge on any atom is 0.191 e. The second-order valence-electron chi connectivity index (χ2n) is 5.67. The van der Waals surface area contributed by atoms with Crippen LogP contribution in [0.3, 0.4) is 0 Å². The molecule has 3 rings (SSSR count). The van der Waals surface area contributed by atoms with E-state index in [9.17, 15) is 0 Å². The van der Waals surface area contributed by atoms with E-state index in [0.717, 1.165) is 18.2 Å². The van der Waals surface area contributed by atoms with E-state index in [4.69, 9.17) is 0 Å². The van der Waals surface area contributed by atoms with Crippen LogP contribution in [0.2, 0.25) is 0 Å². The number of rotatable bonds is 4. The zero-order valence-electron chi connectivity index (χ0n) is 13.0. The van der Waals surface area contributed by atoms with Crippen molar-refractivity contribution in [2.75, 3.05) is 7.05 Å². The minimum absolute atomic E-state index is 0.577. The Hall–Kier alpha value is -2.30. The van der Waals surface area contributed by atoms with Crippen LogP contribution in [-0.2, 0) is 6.54 Å². The summed E-state index contributed by atoms with van der Waals surface area (Å²) in [4.78, 5) is 4.31. The van der Waals surface area contributed by atoms with Gasteiger partial charge in [0, 0.05) is 32.0 Å². The van der Waals surface area contributed by atoms with Crippen molar-refractivity contribution in [3.8, 4) is 5.69 Å². The van der Waals surface area contributed by atoms with Gasteiger partial charge in [-0.05, 0) is 36.6 Å². The zero-order valence-corrected chi connectivity index (χ0v) is 13.0. The Kier molecular flexibility index (Phi) is 4.73. The number of hydrogen-bond donors (Lipinski definition) is 2. The van der Waals surface area contributed by atoms with Crippen LogP contribution >= 0.6 is 0 Å². The third kappa shape index (κ3) is 3.67. The monoisotopic (exact) mass is 297 g/mol. The molecular weight excluding hydrogens is 274 g/mol. The van der Waals surface area contributed by atoms with Crippen molar-refractivity contribution >= 4 is 5.96 Å². The molecule has 0 unspecified atom stereocenters. The van der Waals surface area contributed by atoms with Gasteiger partial charge >= 0.3 is 0 Å². The smallest absolute Gasteiger partial charge is 0.191 e. The van der Waals surface area contributed by atoms with Crippen molar-refractivity contribution in [1.29, 1.82) is 0 Å². The summed E-state index contributed by atoms with van der Waals surface area (Å²) in [5, 5.41) is 11.1. The molecule has 116 valence electrons. The summed E-state index contributed by atoms with van der Waals surface area (Å²) in [6.07, 6.45) is 8.88. The molecule has 5 heteroatoms. The Morgan fingerprint density at radius 1 is 1.27 bits per heavy atom. The van der Waals surface area contributed by atoms with E-state index in [2.05, 4.69) is 45.0 Å². The van der Waals surface area contributed by atoms with Gasteiger partial charge < -0.3 is 10.6 Å². The summed E-state index contributed by atoms with van der Waals surface area (Å²) in [6.45, 7) is 0.770. The second-order valence-corrected chi connectivity index (χ2v) is 5.67. The lowest BCUT2D eigenvalue weighted by atomic mass is 10.2. The van der Waals surface area contributed by atoms with Gasteiger partial charge in [0.15, 0.2) is 5.96 Å². The molecule has 0 saturated heterocycles. The van der Waals surface area contributed by atoms with Crippen LogP contribution in [0.4, 0.5) is 0 Å². The van der Waals surface area contributed by atoms with Gasteiger partial charge in [0.1, 0.15) is 0 Å². The van der Waals surface area contributed by atoms with Crippen LogP contribution in [0, 0.1) is 0 Å². The quantitative estimate of drug-likeness (QED) is 0.673. The average Bonchev–Trinajstić information content (AvgIpc) is 3.25. The highest BCUT2D eigenvalue weighted by atomic mass is 15.3. The van der Waals surface area contributed by atoms with Crippen molar-refractivity contribution in [2.24, 2.45) is 4.99 Å². The number of benzene rings is 1. The lowest BCUT2D eigenvalue weighted by Crippen LogP contribution is -2.41. The maximum absolute atomic E-state index is 4.31. The summed E-state index contributed by atoms with van der Waals surface area (Å²) >= 11 is 0. The highest BCUT2D eigenvalue weighted by Gasteiger charge is 2.15. The fourth-order valence-corrected chi connectivity index (χ4v) is 2.83. The molecule has 5 nitrogen and oxygen atoms in total. The first kappa shape index (κ1) is 14.6. The molecule has 0 spiro atoms. The van der Waals surface area contributed by atoms with E-state index in [1.807, 2.05) is 24.0 Å². The summed E-state index contributed by atoms with van der Waals surface area (Å²) in [6, 6.07) is 10.9. The molecule has 1 heterocycles. The van der Waals surface area contributed by atoms with Crippen LogP contribution in [0.25, 0.3) is 5.69 Å². The highest BCUT2D eigenvalue weighted by molar-refractivity contribution is 5.79. The number of aliphatic imine (C=N–C) groups is 1. The molecule has 22 heavy (non-hydrogen) atoms. The van der Waals surface area contributed by atoms with E-state index < -0.39 is 0 Å². The number of hydrogen-bond acceptors (Lipinski definition) is 2. The Bertz CT molecular complexity index is 594. The molecule has 0 amide bonds. The highest BCUT2D eigenvalue weighted by Crippen LogP contribution is 2.17. The second kappa shape index (κ2) is 7.11. The average molecular weight is 297 g/mol. The number of aromatic nitrogens is 2. The van der Waals surface area contributed by atoms with Gasteiger partial charge in [-0.1, -0.05) is 25.0 Å². The third-order valence-electron chi connectivity index (χ3n) is 4.08. The summed E-state index contributed by atoms with van der Waals surface area (Å²) in [7, 11) is 1.82. The van der Waals surface area contributed by atoms with Crippen LogP contribution in [0.1, 0.15) is 31.2 Å². The zero-order chi connectivity index (χ0) is 15.2. The van der Waals surface area contributed by atoms with Gasteiger partial charge in [-0.2, -0.15) is 5.10 Å². The Morgan fingerprint density at radius 2 is 2.05 bits per heavy atom. The third-order valence-corrected chi connectivity index (χ3v) is 4.08. The lowest BCUT2D eigenvalue weighted by Gasteiger charge is -2.17. The molecule has 0 atom stereocenters. The van der Waals surface area contributed by atoms with Crippen LogP contribution in [0.5, 0.6) is 0 Å². The van der Waals surface area contributed by atoms with Gasteiger partial charge in [0.2, 0.25) is 0 Å². The Balaban J connectivity index is 1.54. The molecule has 1 aliphatic rings. The Morgan fingerprint density at radius 3 is 2.68 bits per heavy atom. The summed E-state index contributed by atoms with van der Waals surface area (Å²) < 4.78 is 1.86. The first-order chi connectivity index (χ1) is 10.8.